The molecule has 0 saturated carbocycles. The Labute approximate surface area is 203 Å². The van der Waals surface area contributed by atoms with Crippen molar-refractivity contribution in [2.45, 2.75) is 30.8 Å². The second-order valence-corrected chi connectivity index (χ2v) is 9.90. The first-order valence-corrected chi connectivity index (χ1v) is 12.6. The molecule has 4 aromatic rings. The third-order valence-corrected chi connectivity index (χ3v) is 7.83. The van der Waals surface area contributed by atoms with Crippen LogP contribution in [0.15, 0.2) is 58.5 Å². The first kappa shape index (κ1) is 22.3. The highest BCUT2D eigenvalue weighted by atomic mass is 32.2. The Hall–Kier alpha value is -3.48. The number of carbonyl (C=O) groups is 1. The van der Waals surface area contributed by atoms with E-state index in [1.54, 1.807) is 36.4 Å². The minimum atomic E-state index is -0.538. The summed E-state index contributed by atoms with van der Waals surface area (Å²) in [6, 6.07) is 14.8. The van der Waals surface area contributed by atoms with Crippen LogP contribution in [0.1, 0.15) is 28.8 Å². The normalized spacial score (nSPS) is 12.8. The predicted molar refractivity (Wildman–Crippen MR) is 132 cm³/mol. The molecule has 1 aliphatic carbocycles. The van der Waals surface area contributed by atoms with Crippen LogP contribution in [0.4, 0.5) is 10.1 Å². The number of thioether (sulfide) groups is 1. The van der Waals surface area contributed by atoms with Gasteiger partial charge in [0.05, 0.1) is 28.1 Å². The van der Waals surface area contributed by atoms with Crippen LogP contribution in [0.3, 0.4) is 0 Å². The van der Waals surface area contributed by atoms with Gasteiger partial charge in [-0.25, -0.2) is 9.37 Å². The predicted octanol–water partition coefficient (Wildman–Crippen LogP) is 5.07. The van der Waals surface area contributed by atoms with Crippen molar-refractivity contribution in [2.75, 3.05) is 11.1 Å². The molecule has 0 fully saturated rings. The number of benzene rings is 2. The van der Waals surface area contributed by atoms with E-state index >= 15 is 0 Å². The van der Waals surface area contributed by atoms with Crippen molar-refractivity contribution in [2.24, 2.45) is 0 Å². The Balaban J connectivity index is 1.54. The number of para-hydroxylation sites is 2. The molecule has 0 unspecified atom stereocenters. The molecule has 0 atom stereocenters. The lowest BCUT2D eigenvalue weighted by atomic mass is 9.97. The van der Waals surface area contributed by atoms with Crippen molar-refractivity contribution in [3.05, 3.63) is 80.7 Å². The molecule has 0 spiro atoms. The van der Waals surface area contributed by atoms with Crippen molar-refractivity contribution in [1.82, 2.24) is 9.55 Å². The first-order chi connectivity index (χ1) is 16.6. The summed E-state index contributed by atoms with van der Waals surface area (Å²) in [5.41, 5.74) is 1.59. The maximum absolute atomic E-state index is 14.8. The molecule has 170 valence electrons. The van der Waals surface area contributed by atoms with Crippen LogP contribution >= 0.6 is 23.1 Å². The van der Waals surface area contributed by atoms with Crippen LogP contribution < -0.4 is 10.9 Å². The molecule has 0 bridgehead atoms. The topological polar surface area (TPSA) is 87.8 Å². The van der Waals surface area contributed by atoms with Crippen LogP contribution in [0.5, 0.6) is 0 Å². The molecule has 0 saturated heterocycles. The number of hydrogen-bond donors (Lipinski definition) is 1. The number of fused-ring (bicyclic) bond motifs is 3. The summed E-state index contributed by atoms with van der Waals surface area (Å²) < 4.78 is 16.0. The second kappa shape index (κ2) is 9.41. The van der Waals surface area contributed by atoms with E-state index in [0.29, 0.717) is 21.5 Å². The van der Waals surface area contributed by atoms with Gasteiger partial charge >= 0.3 is 0 Å². The zero-order valence-electron chi connectivity index (χ0n) is 18.0. The Morgan fingerprint density at radius 2 is 1.94 bits per heavy atom. The lowest BCUT2D eigenvalue weighted by Crippen LogP contribution is -2.24. The number of anilines is 1. The highest BCUT2D eigenvalue weighted by molar-refractivity contribution is 7.99. The molecule has 2 aromatic carbocycles. The number of nitriles is 1. The fraction of sp³-hybridized carbons (Fsp3) is 0.200. The molecular weight excluding hydrogens is 471 g/mol. The maximum Gasteiger partial charge on any atom is 0.267 e. The number of amides is 1. The van der Waals surface area contributed by atoms with Gasteiger partial charge in [-0.1, -0.05) is 36.0 Å². The highest BCUT2D eigenvalue weighted by Crippen LogP contribution is 2.35. The van der Waals surface area contributed by atoms with Gasteiger partial charge in [-0.05, 0) is 55.5 Å². The second-order valence-electron chi connectivity index (χ2n) is 7.87. The maximum atomic E-state index is 14.8. The summed E-state index contributed by atoms with van der Waals surface area (Å²) in [5, 5.41) is 12.8. The van der Waals surface area contributed by atoms with Crippen LogP contribution in [0, 0.1) is 17.1 Å². The highest BCUT2D eigenvalue weighted by Gasteiger charge is 2.24. The van der Waals surface area contributed by atoms with E-state index < -0.39 is 5.82 Å². The number of rotatable bonds is 5. The quantitative estimate of drug-likeness (QED) is 0.312. The van der Waals surface area contributed by atoms with Gasteiger partial charge in [0.1, 0.15) is 16.7 Å². The summed E-state index contributed by atoms with van der Waals surface area (Å²) in [6.45, 7) is 0. The Bertz CT molecular complexity index is 1520. The van der Waals surface area contributed by atoms with Crippen LogP contribution in [-0.4, -0.2) is 21.2 Å². The van der Waals surface area contributed by atoms with E-state index in [1.807, 2.05) is 6.07 Å². The van der Waals surface area contributed by atoms with Gasteiger partial charge in [0, 0.05) is 4.88 Å². The fourth-order valence-electron chi connectivity index (χ4n) is 4.13. The van der Waals surface area contributed by atoms with Gasteiger partial charge < -0.3 is 5.32 Å². The molecule has 5 rings (SSSR count). The number of aromatic nitrogens is 2. The molecule has 9 heteroatoms. The van der Waals surface area contributed by atoms with Crippen LogP contribution in [-0.2, 0) is 17.6 Å². The third kappa shape index (κ3) is 4.11. The summed E-state index contributed by atoms with van der Waals surface area (Å²) >= 11 is 2.57. The van der Waals surface area contributed by atoms with Gasteiger partial charge in [-0.15, -0.1) is 11.3 Å². The first-order valence-electron chi connectivity index (χ1n) is 10.8. The largest absolute Gasteiger partial charge is 0.324 e. The summed E-state index contributed by atoms with van der Waals surface area (Å²) in [6.07, 6.45) is 3.82. The van der Waals surface area contributed by atoms with Gasteiger partial charge in [-0.2, -0.15) is 5.26 Å². The van der Waals surface area contributed by atoms with Crippen molar-refractivity contribution in [3.8, 4) is 11.8 Å². The summed E-state index contributed by atoms with van der Waals surface area (Å²) in [5.74, 6) is -0.950. The number of carbonyl (C=O) groups excluding carboxylic acids is 1. The number of thiophene rings is 1. The van der Waals surface area contributed by atoms with Crippen molar-refractivity contribution in [3.63, 3.8) is 0 Å². The van der Waals surface area contributed by atoms with Gasteiger partial charge in [-0.3, -0.25) is 14.2 Å². The van der Waals surface area contributed by atoms with Gasteiger partial charge in [0.2, 0.25) is 5.91 Å². The number of halogens is 1. The lowest BCUT2D eigenvalue weighted by Gasteiger charge is -2.14. The van der Waals surface area contributed by atoms with E-state index in [-0.39, 0.29) is 28.1 Å². The fourth-order valence-corrected chi connectivity index (χ4v) is 6.24. The van der Waals surface area contributed by atoms with Gasteiger partial charge in [0.25, 0.3) is 5.56 Å². The molecular formula is C25H19FN4O2S2. The standard InChI is InChI=1S/C25H19FN4O2S2/c26-17-9-3-5-11-19(17)30-24(32)22-16-8-2-6-12-20(16)34-23(22)29-25(30)33-14-21(31)28-18-10-4-1-7-15(18)13-27/h1,3-5,7,9-11H,2,6,8,12,14H2,(H,28,31). The molecule has 2 heterocycles. The number of hydrogen-bond acceptors (Lipinski definition) is 6. The SMILES string of the molecule is N#Cc1ccccc1NC(=O)CSc1nc2sc3c(c2c(=O)n1-c1ccccc1F)CCCC3. The molecule has 1 aliphatic rings. The Morgan fingerprint density at radius 3 is 2.76 bits per heavy atom. The third-order valence-electron chi connectivity index (χ3n) is 5.71. The Kier molecular flexibility index (Phi) is 6.18. The Morgan fingerprint density at radius 1 is 1.18 bits per heavy atom. The summed E-state index contributed by atoms with van der Waals surface area (Å²) in [7, 11) is 0. The van der Waals surface area contributed by atoms with Crippen LogP contribution in [0.25, 0.3) is 15.9 Å². The molecule has 1 amide bonds. The van der Waals surface area contributed by atoms with E-state index in [9.17, 15) is 19.2 Å². The van der Waals surface area contributed by atoms with E-state index in [2.05, 4.69) is 5.32 Å². The number of nitrogens with zero attached hydrogens (tertiary/aromatic N) is 3. The molecule has 0 radical (unpaired) electrons. The van der Waals surface area contributed by atoms with Crippen molar-refractivity contribution in [1.29, 1.82) is 5.26 Å². The van der Waals surface area contributed by atoms with E-state index in [0.717, 1.165) is 43.0 Å². The van der Waals surface area contributed by atoms with Crippen molar-refractivity contribution < 1.29 is 9.18 Å². The van der Waals surface area contributed by atoms with E-state index in [1.165, 1.54) is 32.9 Å². The molecule has 6 nitrogen and oxygen atoms in total. The molecule has 2 aromatic heterocycles. The zero-order chi connectivity index (χ0) is 23.7. The monoisotopic (exact) mass is 490 g/mol. The average molecular weight is 491 g/mol. The average Bonchev–Trinajstić information content (AvgIpc) is 3.22. The smallest absolute Gasteiger partial charge is 0.267 e. The van der Waals surface area contributed by atoms with Crippen LogP contribution in [0.2, 0.25) is 0 Å². The molecule has 0 aliphatic heterocycles. The molecule has 34 heavy (non-hydrogen) atoms. The molecule has 1 N–H and O–H groups in total. The number of aryl methyl sites for hydroxylation is 2. The summed E-state index contributed by atoms with van der Waals surface area (Å²) in [4.78, 5) is 32.8. The van der Waals surface area contributed by atoms with E-state index in [4.69, 9.17) is 4.98 Å². The number of nitrogens with one attached hydrogen (secondary N) is 1. The minimum Gasteiger partial charge on any atom is -0.324 e. The zero-order valence-corrected chi connectivity index (χ0v) is 19.6. The van der Waals surface area contributed by atoms with Crippen molar-refractivity contribution >= 4 is 44.9 Å². The lowest BCUT2D eigenvalue weighted by molar-refractivity contribution is -0.113. The van der Waals surface area contributed by atoms with Gasteiger partial charge in [0.15, 0.2) is 5.16 Å². The minimum absolute atomic E-state index is 0.0583.